The van der Waals surface area contributed by atoms with Crippen molar-refractivity contribution in [2.75, 3.05) is 30.9 Å². The van der Waals surface area contributed by atoms with Crippen molar-refractivity contribution in [1.29, 1.82) is 0 Å². The molecular formula is C17H16F2N4O. The molecule has 24 heavy (non-hydrogen) atoms. The Bertz CT molecular complexity index is 857. The van der Waals surface area contributed by atoms with Gasteiger partial charge in [-0.15, -0.1) is 0 Å². The second kappa shape index (κ2) is 7.18. The summed E-state index contributed by atoms with van der Waals surface area (Å²) in [6, 6.07) is 9.28. The fourth-order valence-corrected chi connectivity index (χ4v) is 2.27. The van der Waals surface area contributed by atoms with Crippen LogP contribution in [-0.2, 0) is 4.74 Å². The Morgan fingerprint density at radius 2 is 1.83 bits per heavy atom. The molecule has 5 nitrogen and oxygen atoms in total. The van der Waals surface area contributed by atoms with Crippen LogP contribution in [-0.4, -0.2) is 30.2 Å². The molecule has 3 aromatic rings. The summed E-state index contributed by atoms with van der Waals surface area (Å²) < 4.78 is 31.4. The summed E-state index contributed by atoms with van der Waals surface area (Å²) in [4.78, 5) is 8.42. The number of nitrogens with zero attached hydrogens (tertiary/aromatic N) is 2. The number of benzene rings is 2. The maximum atomic E-state index is 13.4. The third-order valence-electron chi connectivity index (χ3n) is 3.45. The first-order valence-corrected chi connectivity index (χ1v) is 7.37. The highest BCUT2D eigenvalue weighted by molar-refractivity contribution is 5.92. The zero-order valence-electron chi connectivity index (χ0n) is 13.0. The van der Waals surface area contributed by atoms with Crippen molar-refractivity contribution in [3.63, 3.8) is 0 Å². The summed E-state index contributed by atoms with van der Waals surface area (Å²) in [6.45, 7) is 1.25. The summed E-state index contributed by atoms with van der Waals surface area (Å²) in [6.07, 6.45) is 1.42. The first-order valence-electron chi connectivity index (χ1n) is 7.37. The van der Waals surface area contributed by atoms with Crippen molar-refractivity contribution in [3.8, 4) is 0 Å². The molecule has 124 valence electrons. The summed E-state index contributed by atoms with van der Waals surface area (Å²) in [5, 5.41) is 6.99. The van der Waals surface area contributed by atoms with Gasteiger partial charge in [0.15, 0.2) is 11.6 Å². The molecule has 0 fully saturated rings. The third-order valence-corrected chi connectivity index (χ3v) is 3.45. The van der Waals surface area contributed by atoms with Crippen LogP contribution in [0.3, 0.4) is 0 Å². The normalized spacial score (nSPS) is 10.8. The fourth-order valence-electron chi connectivity index (χ4n) is 2.27. The van der Waals surface area contributed by atoms with Crippen LogP contribution >= 0.6 is 0 Å². The van der Waals surface area contributed by atoms with Gasteiger partial charge in [-0.25, -0.2) is 18.7 Å². The number of hydrogen-bond acceptors (Lipinski definition) is 5. The molecule has 0 saturated carbocycles. The molecule has 0 aliphatic carbocycles. The van der Waals surface area contributed by atoms with E-state index < -0.39 is 11.6 Å². The van der Waals surface area contributed by atoms with Gasteiger partial charge >= 0.3 is 0 Å². The van der Waals surface area contributed by atoms with Crippen molar-refractivity contribution in [1.82, 2.24) is 9.97 Å². The van der Waals surface area contributed by atoms with E-state index in [1.807, 2.05) is 18.2 Å². The van der Waals surface area contributed by atoms with Crippen LogP contribution < -0.4 is 10.6 Å². The van der Waals surface area contributed by atoms with Gasteiger partial charge in [-0.3, -0.25) is 0 Å². The molecule has 7 heteroatoms. The Labute approximate surface area is 137 Å². The number of halogens is 2. The van der Waals surface area contributed by atoms with Crippen molar-refractivity contribution < 1.29 is 13.5 Å². The number of nitrogens with one attached hydrogen (secondary N) is 2. The molecule has 0 aliphatic heterocycles. The number of anilines is 3. The predicted octanol–water partition coefficient (Wildman–Crippen LogP) is 3.71. The van der Waals surface area contributed by atoms with Crippen LogP contribution in [0.25, 0.3) is 10.9 Å². The molecule has 0 spiro atoms. The first kappa shape index (κ1) is 16.1. The average Bonchev–Trinajstić information content (AvgIpc) is 2.59. The van der Waals surface area contributed by atoms with Crippen LogP contribution in [0.5, 0.6) is 0 Å². The van der Waals surface area contributed by atoms with Crippen molar-refractivity contribution in [2.45, 2.75) is 0 Å². The van der Waals surface area contributed by atoms with Gasteiger partial charge in [0.05, 0.1) is 12.1 Å². The second-order valence-corrected chi connectivity index (χ2v) is 5.13. The van der Waals surface area contributed by atoms with E-state index in [1.165, 1.54) is 12.4 Å². The zero-order chi connectivity index (χ0) is 16.9. The SMILES string of the molecule is COCCNc1ccc2ncnc(Nc3ccc(F)c(F)c3)c2c1. The third kappa shape index (κ3) is 3.57. The van der Waals surface area contributed by atoms with Crippen LogP contribution in [0.2, 0.25) is 0 Å². The van der Waals surface area contributed by atoms with Gasteiger partial charge in [-0.1, -0.05) is 0 Å². The standard InChI is InChI=1S/C17H16F2N4O/c1-24-7-6-20-11-3-5-16-13(8-11)17(22-10-21-16)23-12-2-4-14(18)15(19)9-12/h2-5,8-10,20H,6-7H2,1H3,(H,21,22,23). The number of methoxy groups -OCH3 is 1. The van der Waals surface area contributed by atoms with Gasteiger partial charge in [0, 0.05) is 36.5 Å². The van der Waals surface area contributed by atoms with E-state index in [0.29, 0.717) is 24.7 Å². The Balaban J connectivity index is 1.91. The van der Waals surface area contributed by atoms with Crippen LogP contribution in [0.15, 0.2) is 42.7 Å². The number of hydrogen-bond donors (Lipinski definition) is 2. The van der Waals surface area contributed by atoms with E-state index in [2.05, 4.69) is 20.6 Å². The molecule has 0 radical (unpaired) electrons. The Morgan fingerprint density at radius 1 is 1.00 bits per heavy atom. The molecule has 1 aromatic heterocycles. The molecule has 0 saturated heterocycles. The Kier molecular flexibility index (Phi) is 4.81. The van der Waals surface area contributed by atoms with E-state index in [9.17, 15) is 8.78 Å². The molecule has 3 rings (SSSR count). The minimum absolute atomic E-state index is 0.409. The second-order valence-electron chi connectivity index (χ2n) is 5.13. The Hall–Kier alpha value is -2.80. The van der Waals surface area contributed by atoms with Crippen LogP contribution in [0.1, 0.15) is 0 Å². The van der Waals surface area contributed by atoms with Gasteiger partial charge in [0.2, 0.25) is 0 Å². The molecule has 0 amide bonds. The highest BCUT2D eigenvalue weighted by Gasteiger charge is 2.07. The van der Waals surface area contributed by atoms with E-state index >= 15 is 0 Å². The van der Waals surface area contributed by atoms with Gasteiger partial charge in [-0.05, 0) is 30.3 Å². The lowest BCUT2D eigenvalue weighted by Gasteiger charge is -2.11. The zero-order valence-corrected chi connectivity index (χ0v) is 13.0. The molecule has 1 heterocycles. The summed E-state index contributed by atoms with van der Waals surface area (Å²) in [5.41, 5.74) is 2.04. The lowest BCUT2D eigenvalue weighted by atomic mass is 10.2. The van der Waals surface area contributed by atoms with Gasteiger partial charge in [0.25, 0.3) is 0 Å². The smallest absolute Gasteiger partial charge is 0.160 e. The Morgan fingerprint density at radius 3 is 2.62 bits per heavy atom. The van der Waals surface area contributed by atoms with Crippen molar-refractivity contribution >= 4 is 28.1 Å². The lowest BCUT2D eigenvalue weighted by Crippen LogP contribution is -2.07. The molecule has 0 aliphatic rings. The quantitative estimate of drug-likeness (QED) is 0.675. The lowest BCUT2D eigenvalue weighted by molar-refractivity contribution is 0.211. The monoisotopic (exact) mass is 330 g/mol. The number of ether oxygens (including phenoxy) is 1. The van der Waals surface area contributed by atoms with Crippen LogP contribution in [0.4, 0.5) is 26.0 Å². The first-order chi connectivity index (χ1) is 11.7. The number of fused-ring (bicyclic) bond motifs is 1. The molecule has 0 atom stereocenters. The van der Waals surface area contributed by atoms with Gasteiger partial charge < -0.3 is 15.4 Å². The molecular weight excluding hydrogens is 314 g/mol. The highest BCUT2D eigenvalue weighted by atomic mass is 19.2. The largest absolute Gasteiger partial charge is 0.383 e. The van der Waals surface area contributed by atoms with Gasteiger partial charge in [0.1, 0.15) is 12.1 Å². The minimum Gasteiger partial charge on any atom is -0.383 e. The van der Waals surface area contributed by atoms with Crippen molar-refractivity contribution in [3.05, 3.63) is 54.4 Å². The molecule has 2 aromatic carbocycles. The van der Waals surface area contributed by atoms with E-state index in [0.717, 1.165) is 28.7 Å². The fraction of sp³-hybridized carbons (Fsp3) is 0.176. The molecule has 0 unspecified atom stereocenters. The number of aromatic nitrogens is 2. The summed E-state index contributed by atoms with van der Waals surface area (Å²) in [5.74, 6) is -1.29. The predicted molar refractivity (Wildman–Crippen MR) is 89.5 cm³/mol. The molecule has 0 bridgehead atoms. The van der Waals surface area contributed by atoms with Crippen LogP contribution in [0, 0.1) is 11.6 Å². The van der Waals surface area contributed by atoms with Gasteiger partial charge in [-0.2, -0.15) is 0 Å². The molecule has 2 N–H and O–H groups in total. The van der Waals surface area contributed by atoms with E-state index in [1.54, 1.807) is 7.11 Å². The van der Waals surface area contributed by atoms with E-state index in [4.69, 9.17) is 4.74 Å². The topological polar surface area (TPSA) is 59.1 Å². The minimum atomic E-state index is -0.916. The maximum Gasteiger partial charge on any atom is 0.160 e. The number of rotatable bonds is 6. The average molecular weight is 330 g/mol. The summed E-state index contributed by atoms with van der Waals surface area (Å²) >= 11 is 0. The van der Waals surface area contributed by atoms with Crippen molar-refractivity contribution in [2.24, 2.45) is 0 Å². The summed E-state index contributed by atoms with van der Waals surface area (Å²) in [7, 11) is 1.64. The van der Waals surface area contributed by atoms with E-state index in [-0.39, 0.29) is 0 Å². The maximum absolute atomic E-state index is 13.4. The highest BCUT2D eigenvalue weighted by Crippen LogP contribution is 2.26.